The number of piperidine rings is 2. The number of fused-ring (bicyclic) bond motifs is 4. The Hall–Kier alpha value is -7.91. The van der Waals surface area contributed by atoms with E-state index < -0.39 is 5.60 Å². The van der Waals surface area contributed by atoms with Crippen LogP contribution in [0.25, 0.3) is 44.1 Å². The number of aromatic nitrogens is 2. The van der Waals surface area contributed by atoms with E-state index in [1.165, 1.54) is 11.1 Å². The van der Waals surface area contributed by atoms with Gasteiger partial charge in [0, 0.05) is 87.3 Å². The molecule has 0 saturated carbocycles. The summed E-state index contributed by atoms with van der Waals surface area (Å²) in [7, 11) is 0. The first-order valence-electron chi connectivity index (χ1n) is 29.6. The molecule has 2 aromatic heterocycles. The molecule has 6 aromatic carbocycles. The van der Waals surface area contributed by atoms with Crippen LogP contribution in [-0.4, -0.2) is 113 Å². The molecule has 14 nitrogen and oxygen atoms in total. The minimum Gasteiger partial charge on any atom is -0.486 e. The number of likely N-dealkylation sites (tertiary alicyclic amines) is 2. The lowest BCUT2D eigenvalue weighted by Crippen LogP contribution is -2.49. The first-order chi connectivity index (χ1) is 40.3. The smallest absolute Gasteiger partial charge is 0.410 e. The van der Waals surface area contributed by atoms with E-state index in [1.807, 2.05) is 95.5 Å². The fourth-order valence-corrected chi connectivity index (χ4v) is 12.0. The highest BCUT2D eigenvalue weighted by atomic mass is 16.6. The summed E-state index contributed by atoms with van der Waals surface area (Å²) in [4.78, 5) is 47.0. The number of aryl methyl sites for hydroxylation is 2. The van der Waals surface area contributed by atoms with E-state index in [0.29, 0.717) is 57.9 Å². The summed E-state index contributed by atoms with van der Waals surface area (Å²) in [5.41, 5.74) is 10.1. The van der Waals surface area contributed by atoms with Crippen LogP contribution in [0.4, 0.5) is 4.79 Å². The molecule has 0 bridgehead atoms. The van der Waals surface area contributed by atoms with Gasteiger partial charge in [-0.25, -0.2) is 4.79 Å². The predicted molar refractivity (Wildman–Crippen MR) is 329 cm³/mol. The number of carbonyl (C=O) groups excluding carboxylic acids is 1. The number of nitrogens with zero attached hydrogens (tertiary/aromatic N) is 5. The van der Waals surface area contributed by atoms with Crippen LogP contribution in [-0.2, 0) is 30.9 Å². The van der Waals surface area contributed by atoms with Gasteiger partial charge < -0.3 is 52.8 Å². The van der Waals surface area contributed by atoms with Gasteiger partial charge in [-0.15, -0.1) is 0 Å². The van der Waals surface area contributed by atoms with Crippen LogP contribution in [0.1, 0.15) is 68.7 Å². The van der Waals surface area contributed by atoms with Crippen molar-refractivity contribution in [3.8, 4) is 45.3 Å². The molecule has 8 aromatic rings. The molecule has 1 amide bonds. The second-order valence-corrected chi connectivity index (χ2v) is 23.5. The molecule has 6 heterocycles. The maximum Gasteiger partial charge on any atom is 0.410 e. The zero-order valence-corrected chi connectivity index (χ0v) is 48.7. The Bertz CT molecular complexity index is 3670. The molecule has 2 saturated heterocycles. The highest BCUT2D eigenvalue weighted by Gasteiger charge is 2.32. The van der Waals surface area contributed by atoms with E-state index in [9.17, 15) is 14.4 Å². The van der Waals surface area contributed by atoms with Gasteiger partial charge in [-0.2, -0.15) is 0 Å². The molecule has 0 radical (unpaired) electrons. The Labute approximate surface area is 487 Å². The second kappa shape index (κ2) is 25.7. The molecule has 0 atom stereocenters. The van der Waals surface area contributed by atoms with E-state index >= 15 is 0 Å². The Balaban J connectivity index is 0.000000176. The minimum absolute atomic E-state index is 0.0115. The minimum atomic E-state index is -0.590. The number of hydrogen-bond acceptors (Lipinski definition) is 11. The van der Waals surface area contributed by atoms with Crippen molar-refractivity contribution in [3.05, 3.63) is 189 Å². The number of pyridine rings is 2. The van der Waals surface area contributed by atoms with Gasteiger partial charge in [-0.1, -0.05) is 97.1 Å². The molecule has 432 valence electrons. The van der Waals surface area contributed by atoms with Crippen molar-refractivity contribution in [2.45, 2.75) is 104 Å². The van der Waals surface area contributed by atoms with Crippen LogP contribution >= 0.6 is 0 Å². The maximum absolute atomic E-state index is 13.5. The quantitative estimate of drug-likeness (QED) is 0.112. The zero-order valence-electron chi connectivity index (χ0n) is 48.7. The van der Waals surface area contributed by atoms with Crippen LogP contribution in [0.3, 0.4) is 0 Å². The summed E-state index contributed by atoms with van der Waals surface area (Å²) < 4.78 is 32.6. The van der Waals surface area contributed by atoms with E-state index in [1.54, 1.807) is 12.1 Å². The molecule has 2 fully saturated rings. The molecular formula is C69H78N6O8. The van der Waals surface area contributed by atoms with Gasteiger partial charge in [0.25, 0.3) is 11.1 Å². The Morgan fingerprint density at radius 3 is 1.49 bits per heavy atom. The highest BCUT2D eigenvalue weighted by molar-refractivity contribution is 5.96. The van der Waals surface area contributed by atoms with Crippen LogP contribution in [0.2, 0.25) is 0 Å². The lowest BCUT2D eigenvalue weighted by molar-refractivity contribution is 0.00561. The predicted octanol–water partition coefficient (Wildman–Crippen LogP) is 11.7. The van der Waals surface area contributed by atoms with E-state index in [0.717, 1.165) is 144 Å². The Kier molecular flexibility index (Phi) is 17.6. The van der Waals surface area contributed by atoms with Crippen molar-refractivity contribution in [1.29, 1.82) is 0 Å². The van der Waals surface area contributed by atoms with Crippen molar-refractivity contribution in [1.82, 2.24) is 29.2 Å². The maximum atomic E-state index is 13.5. The summed E-state index contributed by atoms with van der Waals surface area (Å²) in [6.45, 7) is 20.1. The molecule has 12 rings (SSSR count). The number of amides is 1. The third-order valence-electron chi connectivity index (χ3n) is 16.4. The Morgan fingerprint density at radius 2 is 1.00 bits per heavy atom. The van der Waals surface area contributed by atoms with Gasteiger partial charge in [0.2, 0.25) is 0 Å². The molecular weight excluding hydrogens is 1040 g/mol. The van der Waals surface area contributed by atoms with Crippen molar-refractivity contribution < 1.29 is 28.5 Å². The number of hydrogen-bond donors (Lipinski definition) is 1. The largest absolute Gasteiger partial charge is 0.486 e. The molecule has 0 unspecified atom stereocenters. The second-order valence-electron chi connectivity index (χ2n) is 23.5. The number of ether oxygens (including phenoxy) is 5. The normalized spacial score (nSPS) is 15.9. The lowest BCUT2D eigenvalue weighted by Gasteiger charge is -2.39. The topological polar surface area (TPSA) is 129 Å². The van der Waals surface area contributed by atoms with Crippen molar-refractivity contribution in [2.24, 2.45) is 0 Å². The van der Waals surface area contributed by atoms with Crippen molar-refractivity contribution in [3.63, 3.8) is 0 Å². The first-order valence-corrected chi connectivity index (χ1v) is 29.6. The van der Waals surface area contributed by atoms with Crippen LogP contribution < -0.4 is 35.4 Å². The fraction of sp³-hybridized carbons (Fsp3) is 0.377. The summed E-state index contributed by atoms with van der Waals surface area (Å²) >= 11 is 0. The van der Waals surface area contributed by atoms with E-state index in [4.69, 9.17) is 23.7 Å². The molecule has 0 aliphatic carbocycles. The molecule has 4 aliphatic heterocycles. The first kappa shape index (κ1) is 56.9. The average molecular weight is 1120 g/mol. The van der Waals surface area contributed by atoms with Gasteiger partial charge in [0.15, 0.2) is 23.0 Å². The SMILES string of the molecule is Cc1ccc2c(-c3ccccc3)cc(=O)n(CCN3CCC(N(Cc4ccc5c(c4)OCCO5)C(=O)OC(C)(C)C)CC3)c2c1.Cc1ccc2c(-c3ccccc3)cc(=O)n(CCN3CCC(NCc4ccc5c(c4)OCCO5)CC3)c2c1. The van der Waals surface area contributed by atoms with Gasteiger partial charge >= 0.3 is 6.09 Å². The summed E-state index contributed by atoms with van der Waals surface area (Å²) in [6, 6.07) is 49.3. The van der Waals surface area contributed by atoms with E-state index in [2.05, 4.69) is 102 Å². The molecule has 14 heteroatoms. The monoisotopic (exact) mass is 1120 g/mol. The number of nitrogens with one attached hydrogen (secondary N) is 1. The third-order valence-corrected chi connectivity index (χ3v) is 16.4. The zero-order chi connectivity index (χ0) is 57.5. The standard InChI is InChI=1S/C37H43N3O5.C32H35N3O3/c1-26-10-12-30-31(28-8-6-5-7-9-28)24-35(41)39(32(30)22-26)19-18-38-16-14-29(15-17-38)40(36(42)45-37(2,3)4)25-27-11-13-33-34(23-27)44-21-20-43-33;1-23-7-9-27-28(25-5-3-2-4-6-25)21-32(36)35(29(27)19-23)16-15-34-13-11-26(12-14-34)33-22-24-8-10-30-31(20-24)38-18-17-37-30/h5-13,22-24,29H,14-21,25H2,1-4H3;2-10,19-21,26,33H,11-18,22H2,1H3. The third kappa shape index (κ3) is 14.0. The van der Waals surface area contributed by atoms with Gasteiger partial charge in [-0.05, 0) is 154 Å². The molecule has 4 aliphatic rings. The van der Waals surface area contributed by atoms with Gasteiger partial charge in [0.1, 0.15) is 32.0 Å². The Morgan fingerprint density at radius 1 is 0.542 bits per heavy atom. The van der Waals surface area contributed by atoms with Gasteiger partial charge in [0.05, 0.1) is 11.0 Å². The number of rotatable bonds is 14. The average Bonchev–Trinajstić information content (AvgIpc) is 2.89. The van der Waals surface area contributed by atoms with Crippen LogP contribution in [0.5, 0.6) is 23.0 Å². The molecule has 1 N–H and O–H groups in total. The van der Waals surface area contributed by atoms with Crippen LogP contribution in [0.15, 0.2) is 155 Å². The summed E-state index contributed by atoms with van der Waals surface area (Å²) in [5.74, 6) is 3.14. The number of benzene rings is 6. The van der Waals surface area contributed by atoms with E-state index in [-0.39, 0.29) is 23.3 Å². The fourth-order valence-electron chi connectivity index (χ4n) is 12.0. The van der Waals surface area contributed by atoms with Crippen LogP contribution in [0, 0.1) is 13.8 Å². The van der Waals surface area contributed by atoms with Crippen molar-refractivity contribution in [2.75, 3.05) is 65.7 Å². The lowest BCUT2D eigenvalue weighted by atomic mass is 10.00. The van der Waals surface area contributed by atoms with Crippen molar-refractivity contribution >= 4 is 27.9 Å². The summed E-state index contributed by atoms with van der Waals surface area (Å²) in [6.07, 6.45) is 3.55. The van der Waals surface area contributed by atoms with Gasteiger partial charge in [-0.3, -0.25) is 9.59 Å². The number of carbonyl (C=O) groups is 1. The molecule has 83 heavy (non-hydrogen) atoms. The highest BCUT2D eigenvalue weighted by Crippen LogP contribution is 2.34. The summed E-state index contributed by atoms with van der Waals surface area (Å²) in [5, 5.41) is 5.93. The molecule has 0 spiro atoms.